The maximum Gasteiger partial charge on any atom is 0.326 e. The molecular weight excluding hydrogens is 488 g/mol. The second-order valence-electron chi connectivity index (χ2n) is 8.92. The highest BCUT2D eigenvalue weighted by molar-refractivity contribution is 5.94. The molecule has 15 nitrogen and oxygen atoms in total. The topological polar surface area (TPSA) is 270 Å². The number of amides is 3. The Morgan fingerprint density at radius 1 is 0.973 bits per heavy atom. The van der Waals surface area contributed by atoms with Crippen LogP contribution in [0.25, 0.3) is 0 Å². The number of unbranched alkanes of at least 4 members (excludes halogenated alkanes) is 1. The van der Waals surface area contributed by atoms with Gasteiger partial charge in [0.15, 0.2) is 5.96 Å². The Hall–Kier alpha value is -3.46. The summed E-state index contributed by atoms with van der Waals surface area (Å²) >= 11 is 0. The summed E-state index contributed by atoms with van der Waals surface area (Å²) in [5.74, 6) is -4.41. The molecule has 1 fully saturated rings. The summed E-state index contributed by atoms with van der Waals surface area (Å²) in [4.78, 5) is 66.5. The Kier molecular flexibility index (Phi) is 13.9. The molecule has 0 radical (unpaired) electrons. The number of aliphatic carboxylic acids is 2. The summed E-state index contributed by atoms with van der Waals surface area (Å²) in [5, 5.41) is 23.2. The summed E-state index contributed by atoms with van der Waals surface area (Å²) in [6.07, 6.45) is 2.31. The first-order valence-electron chi connectivity index (χ1n) is 12.3. The lowest BCUT2D eigenvalue weighted by atomic mass is 10.1. The summed E-state index contributed by atoms with van der Waals surface area (Å²) < 4.78 is 0. The van der Waals surface area contributed by atoms with Crippen LogP contribution in [0.2, 0.25) is 0 Å². The van der Waals surface area contributed by atoms with E-state index in [0.717, 1.165) is 0 Å². The maximum atomic E-state index is 13.4. The minimum atomic E-state index is -1.41. The number of nitrogens with one attached hydrogen (secondary N) is 2. The van der Waals surface area contributed by atoms with Crippen molar-refractivity contribution in [2.24, 2.45) is 27.9 Å². The van der Waals surface area contributed by atoms with Gasteiger partial charge in [-0.1, -0.05) is 6.42 Å². The predicted molar refractivity (Wildman–Crippen MR) is 134 cm³/mol. The van der Waals surface area contributed by atoms with E-state index in [1.165, 1.54) is 4.90 Å². The van der Waals surface area contributed by atoms with Crippen LogP contribution in [0, 0.1) is 0 Å². The first-order chi connectivity index (χ1) is 17.5. The summed E-state index contributed by atoms with van der Waals surface area (Å²) in [5.41, 5.74) is 22.1. The first-order valence-corrected chi connectivity index (χ1v) is 12.3. The van der Waals surface area contributed by atoms with Crippen molar-refractivity contribution in [3.05, 3.63) is 0 Å². The Labute approximate surface area is 215 Å². The molecule has 1 saturated heterocycles. The molecule has 12 N–H and O–H groups in total. The van der Waals surface area contributed by atoms with E-state index in [2.05, 4.69) is 15.6 Å². The third-order valence-corrected chi connectivity index (χ3v) is 5.97. The van der Waals surface area contributed by atoms with Gasteiger partial charge < -0.3 is 48.7 Å². The molecule has 4 unspecified atom stereocenters. The molecule has 0 aliphatic carbocycles. The molecule has 1 rings (SSSR count). The Morgan fingerprint density at radius 3 is 2.27 bits per heavy atom. The minimum absolute atomic E-state index is 0.110. The minimum Gasteiger partial charge on any atom is -0.481 e. The number of carboxylic acids is 2. The van der Waals surface area contributed by atoms with Gasteiger partial charge in [0.2, 0.25) is 17.7 Å². The Balaban J connectivity index is 2.95. The van der Waals surface area contributed by atoms with Crippen molar-refractivity contribution in [2.45, 2.75) is 82.0 Å². The maximum absolute atomic E-state index is 13.4. The molecule has 15 heteroatoms. The molecule has 210 valence electrons. The average Bonchev–Trinajstić information content (AvgIpc) is 3.32. The van der Waals surface area contributed by atoms with Gasteiger partial charge in [-0.3, -0.25) is 24.2 Å². The van der Waals surface area contributed by atoms with Crippen LogP contribution >= 0.6 is 0 Å². The number of hydrogen-bond acceptors (Lipinski definition) is 8. The molecule has 1 aliphatic rings. The van der Waals surface area contributed by atoms with Crippen LogP contribution in [0.5, 0.6) is 0 Å². The highest BCUT2D eigenvalue weighted by atomic mass is 16.4. The van der Waals surface area contributed by atoms with E-state index in [4.69, 9.17) is 28.0 Å². The lowest BCUT2D eigenvalue weighted by molar-refractivity contribution is -0.145. The van der Waals surface area contributed by atoms with Crippen molar-refractivity contribution in [3.63, 3.8) is 0 Å². The van der Waals surface area contributed by atoms with E-state index < -0.39 is 60.2 Å². The van der Waals surface area contributed by atoms with E-state index in [0.29, 0.717) is 38.6 Å². The fourth-order valence-electron chi connectivity index (χ4n) is 3.98. The van der Waals surface area contributed by atoms with Crippen LogP contribution in [-0.4, -0.2) is 94.5 Å². The summed E-state index contributed by atoms with van der Waals surface area (Å²) in [6, 6.07) is -4.22. The normalized spacial score (nSPS) is 17.4. The molecule has 0 saturated carbocycles. The standard InChI is InChI=1S/C22H40N8O7/c23-10-2-1-5-13(24)18(33)28-14(6-3-11-27-22(25)26)20(35)30-12-4-7-16(30)19(34)29-15(21(36)37)8-9-17(31)32/h13-16H,1-12,23-24H2,(H,28,33)(H,29,34)(H,31,32)(H,36,37)(H4,25,26,27). The van der Waals surface area contributed by atoms with Gasteiger partial charge >= 0.3 is 11.9 Å². The largest absolute Gasteiger partial charge is 0.481 e. The molecule has 0 aromatic rings. The van der Waals surface area contributed by atoms with Gasteiger partial charge in [-0.25, -0.2) is 4.79 Å². The number of aliphatic imine (C=N–C) groups is 1. The summed E-state index contributed by atoms with van der Waals surface area (Å²) in [7, 11) is 0. The molecule has 0 aromatic heterocycles. The number of rotatable bonds is 17. The van der Waals surface area contributed by atoms with Crippen molar-refractivity contribution < 1.29 is 34.2 Å². The number of carbonyl (C=O) groups is 5. The van der Waals surface area contributed by atoms with E-state index >= 15 is 0 Å². The van der Waals surface area contributed by atoms with Gasteiger partial charge in [0.05, 0.1) is 6.04 Å². The molecular formula is C22H40N8O7. The number of nitrogens with zero attached hydrogens (tertiary/aromatic N) is 2. The monoisotopic (exact) mass is 528 g/mol. The zero-order valence-electron chi connectivity index (χ0n) is 20.9. The zero-order chi connectivity index (χ0) is 28.0. The van der Waals surface area contributed by atoms with Gasteiger partial charge in [-0.15, -0.1) is 0 Å². The number of carbonyl (C=O) groups excluding carboxylic acids is 3. The van der Waals surface area contributed by atoms with Crippen molar-refractivity contribution in [1.29, 1.82) is 0 Å². The number of guanidine groups is 1. The highest BCUT2D eigenvalue weighted by Crippen LogP contribution is 2.20. The van der Waals surface area contributed by atoms with Gasteiger partial charge in [0.25, 0.3) is 0 Å². The van der Waals surface area contributed by atoms with Crippen molar-refractivity contribution in [1.82, 2.24) is 15.5 Å². The smallest absolute Gasteiger partial charge is 0.326 e. The van der Waals surface area contributed by atoms with Crippen molar-refractivity contribution in [3.8, 4) is 0 Å². The summed E-state index contributed by atoms with van der Waals surface area (Å²) in [6.45, 7) is 0.919. The Bertz CT molecular complexity index is 834. The third kappa shape index (κ3) is 11.4. The fourth-order valence-corrected chi connectivity index (χ4v) is 3.98. The van der Waals surface area contributed by atoms with E-state index in [9.17, 15) is 29.1 Å². The SMILES string of the molecule is NCCCCC(N)C(=O)NC(CCCN=C(N)N)C(=O)N1CCCC1C(=O)NC(CCC(=O)O)C(=O)O. The average molecular weight is 529 g/mol. The van der Waals surface area contributed by atoms with Crippen LogP contribution in [0.3, 0.4) is 0 Å². The molecule has 1 heterocycles. The van der Waals surface area contributed by atoms with E-state index in [1.54, 1.807) is 0 Å². The zero-order valence-corrected chi connectivity index (χ0v) is 20.9. The van der Waals surface area contributed by atoms with Gasteiger partial charge in [-0.05, 0) is 51.5 Å². The van der Waals surface area contributed by atoms with Gasteiger partial charge in [-0.2, -0.15) is 0 Å². The van der Waals surface area contributed by atoms with Crippen LogP contribution < -0.4 is 33.6 Å². The molecule has 0 bridgehead atoms. The highest BCUT2D eigenvalue weighted by Gasteiger charge is 2.39. The second kappa shape index (κ2) is 16.3. The number of carboxylic acid groups (broad SMARTS) is 2. The third-order valence-electron chi connectivity index (χ3n) is 5.97. The van der Waals surface area contributed by atoms with Crippen LogP contribution in [0.1, 0.15) is 57.8 Å². The molecule has 0 aromatic carbocycles. The van der Waals surface area contributed by atoms with E-state index in [-0.39, 0.29) is 38.3 Å². The van der Waals surface area contributed by atoms with Crippen LogP contribution in [0.4, 0.5) is 0 Å². The lowest BCUT2D eigenvalue weighted by Crippen LogP contribution is -2.56. The quantitative estimate of drug-likeness (QED) is 0.0551. The van der Waals surface area contributed by atoms with Gasteiger partial charge in [0, 0.05) is 19.5 Å². The lowest BCUT2D eigenvalue weighted by Gasteiger charge is -2.30. The van der Waals surface area contributed by atoms with E-state index in [1.807, 2.05) is 0 Å². The van der Waals surface area contributed by atoms with Crippen LogP contribution in [-0.2, 0) is 24.0 Å². The molecule has 37 heavy (non-hydrogen) atoms. The van der Waals surface area contributed by atoms with Crippen molar-refractivity contribution >= 4 is 35.6 Å². The van der Waals surface area contributed by atoms with Gasteiger partial charge in [0.1, 0.15) is 18.1 Å². The number of likely N-dealkylation sites (tertiary alicyclic amines) is 1. The molecule has 1 aliphatic heterocycles. The van der Waals surface area contributed by atoms with Crippen LogP contribution in [0.15, 0.2) is 4.99 Å². The molecule has 4 atom stereocenters. The van der Waals surface area contributed by atoms with Crippen molar-refractivity contribution in [2.75, 3.05) is 19.6 Å². The predicted octanol–water partition coefficient (Wildman–Crippen LogP) is -2.59. The first kappa shape index (κ1) is 31.6. The fraction of sp³-hybridized carbons (Fsp3) is 0.727. The Morgan fingerprint density at radius 2 is 1.68 bits per heavy atom. The molecule has 3 amide bonds. The number of hydrogen-bond donors (Lipinski definition) is 8. The second-order valence-corrected chi connectivity index (χ2v) is 8.92. The molecule has 0 spiro atoms. The number of nitrogens with two attached hydrogens (primary N) is 4.